The Morgan fingerprint density at radius 1 is 1.47 bits per heavy atom. The zero-order chi connectivity index (χ0) is 12.9. The van der Waals surface area contributed by atoms with Gasteiger partial charge in [0.05, 0.1) is 19.3 Å². The van der Waals surface area contributed by atoms with Crippen LogP contribution in [0.15, 0.2) is 21.6 Å². The van der Waals surface area contributed by atoms with Crippen LogP contribution in [0.25, 0.3) is 0 Å². The third-order valence-corrected chi connectivity index (χ3v) is 2.73. The summed E-state index contributed by atoms with van der Waals surface area (Å²) in [6.07, 6.45) is 0.203. The zero-order valence-electron chi connectivity index (χ0n) is 9.97. The van der Waals surface area contributed by atoms with E-state index in [0.717, 1.165) is 0 Å². The molecule has 17 heavy (non-hydrogen) atoms. The average Bonchev–Trinajstić information content (AvgIpc) is 2.64. The van der Waals surface area contributed by atoms with Crippen molar-refractivity contribution >= 4 is 10.0 Å². The largest absolute Gasteiger partial charge is 0.447 e. The highest BCUT2D eigenvalue weighted by Gasteiger charge is 2.12. The van der Waals surface area contributed by atoms with Gasteiger partial charge in [-0.1, -0.05) is 0 Å². The fraction of sp³-hybridized carbons (Fsp3) is 0.600. The minimum absolute atomic E-state index is 0.203. The van der Waals surface area contributed by atoms with Crippen molar-refractivity contribution in [1.29, 1.82) is 0 Å². The minimum atomic E-state index is -3.75. The van der Waals surface area contributed by atoms with Gasteiger partial charge in [-0.05, 0) is 26.0 Å². The zero-order valence-corrected chi connectivity index (χ0v) is 10.8. The van der Waals surface area contributed by atoms with Gasteiger partial charge in [0.15, 0.2) is 0 Å². The first kappa shape index (κ1) is 14.2. The summed E-state index contributed by atoms with van der Waals surface area (Å²) in [7, 11) is -3.75. The highest BCUT2D eigenvalue weighted by molar-refractivity contribution is 7.89. The Bertz CT molecular complexity index is 439. The molecule has 1 aromatic rings. The number of hydrogen-bond donors (Lipinski definition) is 2. The molecule has 1 aromatic heterocycles. The second kappa shape index (κ2) is 6.15. The normalized spacial score (nSPS) is 12.2. The Morgan fingerprint density at radius 2 is 2.18 bits per heavy atom. The number of nitrogens with two attached hydrogens (primary N) is 1. The molecular formula is C10H18N2O4S. The first-order valence-corrected chi connectivity index (χ1v) is 6.88. The molecule has 3 N–H and O–H groups in total. The highest BCUT2D eigenvalue weighted by atomic mass is 32.2. The van der Waals surface area contributed by atoms with Crippen LogP contribution in [0.3, 0.4) is 0 Å². The maximum atomic E-state index is 10.9. The van der Waals surface area contributed by atoms with Gasteiger partial charge in [0.1, 0.15) is 5.76 Å². The third kappa shape index (κ3) is 5.31. The molecule has 0 radical (unpaired) electrons. The molecule has 0 unspecified atom stereocenters. The lowest BCUT2D eigenvalue weighted by molar-refractivity contribution is 0.0804. The van der Waals surface area contributed by atoms with Gasteiger partial charge in [0.25, 0.3) is 10.0 Å². The number of hydrogen-bond acceptors (Lipinski definition) is 5. The van der Waals surface area contributed by atoms with Crippen molar-refractivity contribution in [3.8, 4) is 0 Å². The summed E-state index contributed by atoms with van der Waals surface area (Å²) in [6, 6.07) is 2.92. The topological polar surface area (TPSA) is 94.6 Å². The molecule has 0 bridgehead atoms. The van der Waals surface area contributed by atoms with E-state index in [-0.39, 0.29) is 11.2 Å². The molecule has 0 fully saturated rings. The molecule has 0 amide bonds. The molecule has 0 saturated heterocycles. The van der Waals surface area contributed by atoms with E-state index in [4.69, 9.17) is 14.3 Å². The predicted molar refractivity (Wildman–Crippen MR) is 62.9 cm³/mol. The van der Waals surface area contributed by atoms with Crippen molar-refractivity contribution in [2.24, 2.45) is 5.14 Å². The van der Waals surface area contributed by atoms with E-state index in [1.807, 2.05) is 13.8 Å². The van der Waals surface area contributed by atoms with Crippen LogP contribution in [0.4, 0.5) is 0 Å². The Hall–Kier alpha value is -0.890. The summed E-state index contributed by atoms with van der Waals surface area (Å²) < 4.78 is 32.3. The van der Waals surface area contributed by atoms with E-state index in [0.29, 0.717) is 25.5 Å². The molecule has 98 valence electrons. The van der Waals surface area contributed by atoms with E-state index in [1.165, 1.54) is 6.07 Å². The van der Waals surface area contributed by atoms with Gasteiger partial charge in [0.2, 0.25) is 5.09 Å². The molecule has 7 heteroatoms. The third-order valence-electron chi connectivity index (χ3n) is 1.95. The standard InChI is InChI=1S/C10H18N2O4S/c1-8(2)15-6-5-12-7-9-3-4-10(16-9)17(11,13)14/h3-4,8,12H,5-7H2,1-2H3,(H2,11,13,14). The maximum absolute atomic E-state index is 10.9. The highest BCUT2D eigenvalue weighted by Crippen LogP contribution is 2.11. The van der Waals surface area contributed by atoms with Crippen LogP contribution in [0, 0.1) is 0 Å². The summed E-state index contributed by atoms with van der Waals surface area (Å²) in [5.41, 5.74) is 0. The van der Waals surface area contributed by atoms with Crippen LogP contribution in [-0.4, -0.2) is 27.7 Å². The van der Waals surface area contributed by atoms with Crippen LogP contribution in [-0.2, 0) is 21.3 Å². The second-order valence-electron chi connectivity index (χ2n) is 3.86. The molecule has 0 saturated carbocycles. The second-order valence-corrected chi connectivity index (χ2v) is 5.35. The van der Waals surface area contributed by atoms with Crippen molar-refractivity contribution in [1.82, 2.24) is 5.32 Å². The Labute approximate surface area is 101 Å². The fourth-order valence-electron chi connectivity index (χ4n) is 1.18. The van der Waals surface area contributed by atoms with Crippen LogP contribution < -0.4 is 10.5 Å². The number of ether oxygens (including phenoxy) is 1. The molecule has 0 aliphatic carbocycles. The average molecular weight is 262 g/mol. The SMILES string of the molecule is CC(C)OCCNCc1ccc(S(N)(=O)=O)o1. The predicted octanol–water partition coefficient (Wildman–Crippen LogP) is 0.442. The smallest absolute Gasteiger partial charge is 0.271 e. The Kier molecular flexibility index (Phi) is 5.13. The van der Waals surface area contributed by atoms with Gasteiger partial charge in [-0.25, -0.2) is 13.6 Å². The van der Waals surface area contributed by atoms with Gasteiger partial charge >= 0.3 is 0 Å². The number of furan rings is 1. The van der Waals surface area contributed by atoms with E-state index in [2.05, 4.69) is 5.32 Å². The van der Waals surface area contributed by atoms with E-state index in [9.17, 15) is 8.42 Å². The fourth-order valence-corrected chi connectivity index (χ4v) is 1.67. The van der Waals surface area contributed by atoms with Gasteiger partial charge in [-0.3, -0.25) is 0 Å². The molecular weight excluding hydrogens is 244 g/mol. The molecule has 0 aromatic carbocycles. The quantitative estimate of drug-likeness (QED) is 0.695. The molecule has 0 aliphatic rings. The first-order valence-electron chi connectivity index (χ1n) is 5.33. The summed E-state index contributed by atoms with van der Waals surface area (Å²) in [6.45, 7) is 5.64. The first-order chi connectivity index (χ1) is 7.89. The summed E-state index contributed by atoms with van der Waals surface area (Å²) in [5.74, 6) is 0.526. The molecule has 0 spiro atoms. The minimum Gasteiger partial charge on any atom is -0.447 e. The van der Waals surface area contributed by atoms with E-state index >= 15 is 0 Å². The van der Waals surface area contributed by atoms with Crippen molar-refractivity contribution in [2.75, 3.05) is 13.2 Å². The van der Waals surface area contributed by atoms with Crippen LogP contribution >= 0.6 is 0 Å². The summed E-state index contributed by atoms with van der Waals surface area (Å²) in [4.78, 5) is 0. The monoisotopic (exact) mass is 262 g/mol. The van der Waals surface area contributed by atoms with Gasteiger partial charge < -0.3 is 14.5 Å². The van der Waals surface area contributed by atoms with Crippen LogP contribution in [0.1, 0.15) is 19.6 Å². The Morgan fingerprint density at radius 3 is 2.71 bits per heavy atom. The molecule has 6 nitrogen and oxygen atoms in total. The van der Waals surface area contributed by atoms with Crippen molar-refractivity contribution in [3.05, 3.63) is 17.9 Å². The van der Waals surface area contributed by atoms with Crippen LogP contribution in [0.2, 0.25) is 0 Å². The lowest BCUT2D eigenvalue weighted by atomic mass is 10.4. The number of sulfonamides is 1. The molecule has 0 aliphatic heterocycles. The number of primary sulfonamides is 1. The van der Waals surface area contributed by atoms with Gasteiger partial charge in [0, 0.05) is 6.54 Å². The molecule has 0 atom stereocenters. The lowest BCUT2D eigenvalue weighted by Gasteiger charge is -2.07. The van der Waals surface area contributed by atoms with Crippen LogP contribution in [0.5, 0.6) is 0 Å². The van der Waals surface area contributed by atoms with E-state index in [1.54, 1.807) is 6.07 Å². The number of rotatable bonds is 7. The molecule has 1 heterocycles. The Balaban J connectivity index is 2.31. The van der Waals surface area contributed by atoms with Crippen molar-refractivity contribution in [3.63, 3.8) is 0 Å². The summed E-state index contributed by atoms with van der Waals surface area (Å²) >= 11 is 0. The van der Waals surface area contributed by atoms with Crippen molar-refractivity contribution in [2.45, 2.75) is 31.6 Å². The molecule has 1 rings (SSSR count). The number of nitrogens with one attached hydrogen (secondary N) is 1. The maximum Gasteiger partial charge on any atom is 0.271 e. The van der Waals surface area contributed by atoms with Crippen molar-refractivity contribution < 1.29 is 17.6 Å². The van der Waals surface area contributed by atoms with E-state index < -0.39 is 10.0 Å². The summed E-state index contributed by atoms with van der Waals surface area (Å²) in [5, 5.41) is 7.77. The lowest BCUT2D eigenvalue weighted by Crippen LogP contribution is -2.20. The van der Waals surface area contributed by atoms with Gasteiger partial charge in [-0.15, -0.1) is 0 Å². The van der Waals surface area contributed by atoms with Gasteiger partial charge in [-0.2, -0.15) is 0 Å².